The summed E-state index contributed by atoms with van der Waals surface area (Å²) in [6, 6.07) is 19.8. The maximum Gasteiger partial charge on any atom is 0.259 e. The molecule has 32 heavy (non-hydrogen) atoms. The predicted molar refractivity (Wildman–Crippen MR) is 121 cm³/mol. The van der Waals surface area contributed by atoms with Crippen LogP contribution in [0.3, 0.4) is 0 Å². The lowest BCUT2D eigenvalue weighted by Gasteiger charge is -2.46. The molecule has 1 amide bonds. The van der Waals surface area contributed by atoms with Crippen LogP contribution in [0.5, 0.6) is 0 Å². The molecule has 1 aliphatic heterocycles. The molecule has 1 aliphatic carbocycles. The minimum Gasteiger partial charge on any atom is -0.369 e. The summed E-state index contributed by atoms with van der Waals surface area (Å²) in [5.41, 5.74) is 4.27. The third-order valence-corrected chi connectivity index (χ3v) is 6.43. The van der Waals surface area contributed by atoms with Crippen LogP contribution in [0, 0.1) is 0 Å². The van der Waals surface area contributed by atoms with Crippen LogP contribution in [0.1, 0.15) is 68.8 Å². The van der Waals surface area contributed by atoms with Gasteiger partial charge < -0.3 is 4.74 Å². The molecular formula is C27H23NO4. The van der Waals surface area contributed by atoms with E-state index >= 15 is 0 Å². The molecule has 0 aromatic heterocycles. The Hall–Kier alpha value is -3.57. The Bertz CT molecular complexity index is 1260. The van der Waals surface area contributed by atoms with E-state index in [0.717, 1.165) is 5.56 Å². The van der Waals surface area contributed by atoms with E-state index in [1.807, 2.05) is 12.1 Å². The highest BCUT2D eigenvalue weighted by atomic mass is 16.5. The molecule has 5 rings (SSSR count). The quantitative estimate of drug-likeness (QED) is 0.445. The minimum absolute atomic E-state index is 0.166. The average molecular weight is 425 g/mol. The number of ketones is 2. The average Bonchev–Trinajstić information content (AvgIpc) is 2.81. The number of fused-ring (bicyclic) bond motifs is 2. The second-order valence-corrected chi connectivity index (χ2v) is 8.56. The summed E-state index contributed by atoms with van der Waals surface area (Å²) in [7, 11) is 1.53. The Morgan fingerprint density at radius 2 is 1.38 bits per heavy atom. The van der Waals surface area contributed by atoms with E-state index in [1.165, 1.54) is 12.7 Å². The molecule has 3 aromatic carbocycles. The second-order valence-electron chi connectivity index (χ2n) is 8.56. The van der Waals surface area contributed by atoms with E-state index in [4.69, 9.17) is 4.74 Å². The van der Waals surface area contributed by atoms with Gasteiger partial charge in [-0.25, -0.2) is 0 Å². The third-order valence-electron chi connectivity index (χ3n) is 6.43. The second kappa shape index (κ2) is 7.53. The molecule has 1 heterocycles. The maximum absolute atomic E-state index is 13.1. The first-order valence-corrected chi connectivity index (χ1v) is 10.7. The number of hydrogen-bond acceptors (Lipinski definition) is 4. The van der Waals surface area contributed by atoms with Gasteiger partial charge >= 0.3 is 0 Å². The number of anilines is 1. The molecular weight excluding hydrogens is 402 g/mol. The Morgan fingerprint density at radius 1 is 0.781 bits per heavy atom. The van der Waals surface area contributed by atoms with Crippen molar-refractivity contribution in [1.82, 2.24) is 0 Å². The maximum atomic E-state index is 13.1. The van der Waals surface area contributed by atoms with Crippen LogP contribution < -0.4 is 4.90 Å². The fourth-order valence-electron chi connectivity index (χ4n) is 4.62. The molecule has 0 spiro atoms. The van der Waals surface area contributed by atoms with Crippen molar-refractivity contribution >= 4 is 23.2 Å². The Balaban J connectivity index is 1.54. The van der Waals surface area contributed by atoms with Crippen LogP contribution in [0.2, 0.25) is 0 Å². The van der Waals surface area contributed by atoms with Crippen molar-refractivity contribution in [3.05, 3.63) is 100 Å². The van der Waals surface area contributed by atoms with Crippen LogP contribution in [0.25, 0.3) is 0 Å². The van der Waals surface area contributed by atoms with Gasteiger partial charge in [0.05, 0.1) is 6.04 Å². The predicted octanol–water partition coefficient (Wildman–Crippen LogP) is 4.69. The Kier molecular flexibility index (Phi) is 4.79. The molecule has 0 saturated carbocycles. The molecule has 1 fully saturated rings. The van der Waals surface area contributed by atoms with Crippen LogP contribution in [0.4, 0.5) is 5.69 Å². The van der Waals surface area contributed by atoms with Gasteiger partial charge in [-0.05, 0) is 35.2 Å². The Morgan fingerprint density at radius 3 is 1.97 bits per heavy atom. The first-order chi connectivity index (χ1) is 15.4. The van der Waals surface area contributed by atoms with E-state index in [2.05, 4.69) is 26.0 Å². The van der Waals surface area contributed by atoms with Crippen molar-refractivity contribution in [2.75, 3.05) is 12.0 Å². The van der Waals surface area contributed by atoms with Crippen LogP contribution in [-0.4, -0.2) is 30.7 Å². The Labute approximate surface area is 186 Å². The van der Waals surface area contributed by atoms with Crippen molar-refractivity contribution in [2.45, 2.75) is 31.9 Å². The van der Waals surface area contributed by atoms with Crippen LogP contribution in [0.15, 0.2) is 66.7 Å². The number of ether oxygens (including phenoxy) is 1. The van der Waals surface area contributed by atoms with Gasteiger partial charge in [-0.1, -0.05) is 62.4 Å². The zero-order chi connectivity index (χ0) is 22.6. The van der Waals surface area contributed by atoms with E-state index in [-0.39, 0.29) is 23.5 Å². The highest BCUT2D eigenvalue weighted by Gasteiger charge is 2.49. The normalized spacial score (nSPS) is 19.6. The van der Waals surface area contributed by atoms with Gasteiger partial charge in [0, 0.05) is 35.1 Å². The number of carbonyl (C=O) groups is 3. The van der Waals surface area contributed by atoms with E-state index in [1.54, 1.807) is 47.4 Å². The smallest absolute Gasteiger partial charge is 0.259 e. The summed E-state index contributed by atoms with van der Waals surface area (Å²) < 4.78 is 5.48. The number of hydrogen-bond donors (Lipinski definition) is 0. The lowest BCUT2D eigenvalue weighted by atomic mass is 9.83. The van der Waals surface area contributed by atoms with Gasteiger partial charge in [0.15, 0.2) is 17.7 Å². The molecule has 2 unspecified atom stereocenters. The first-order valence-electron chi connectivity index (χ1n) is 10.7. The van der Waals surface area contributed by atoms with E-state index in [9.17, 15) is 14.4 Å². The monoisotopic (exact) mass is 425 g/mol. The summed E-state index contributed by atoms with van der Waals surface area (Å²) >= 11 is 0. The SMILES string of the molecule is COC1C(=O)N(c2ccc3c(c2)C(=O)c2ccccc2C3=O)C1c1ccc(C(C)C)cc1. The zero-order valence-corrected chi connectivity index (χ0v) is 18.2. The first kappa shape index (κ1) is 20.3. The number of carbonyl (C=O) groups excluding carboxylic acids is 3. The number of amides is 1. The summed E-state index contributed by atoms with van der Waals surface area (Å²) in [5, 5.41) is 0. The molecule has 5 nitrogen and oxygen atoms in total. The van der Waals surface area contributed by atoms with Gasteiger partial charge in [0.2, 0.25) is 0 Å². The third kappa shape index (κ3) is 2.93. The molecule has 0 bridgehead atoms. The fourth-order valence-corrected chi connectivity index (χ4v) is 4.62. The minimum atomic E-state index is -0.589. The van der Waals surface area contributed by atoms with Gasteiger partial charge in [0.1, 0.15) is 0 Å². The van der Waals surface area contributed by atoms with Crippen molar-refractivity contribution in [3.8, 4) is 0 Å². The lowest BCUT2D eigenvalue weighted by Crippen LogP contribution is -2.60. The van der Waals surface area contributed by atoms with E-state index < -0.39 is 6.10 Å². The van der Waals surface area contributed by atoms with Gasteiger partial charge in [0.25, 0.3) is 5.91 Å². The molecule has 3 aromatic rings. The summed E-state index contributed by atoms with van der Waals surface area (Å²) in [5.74, 6) is -0.132. The number of methoxy groups -OCH3 is 1. The molecule has 0 N–H and O–H groups in total. The van der Waals surface area contributed by atoms with Crippen molar-refractivity contribution < 1.29 is 19.1 Å². The zero-order valence-electron chi connectivity index (χ0n) is 18.2. The van der Waals surface area contributed by atoms with Crippen LogP contribution in [-0.2, 0) is 9.53 Å². The molecule has 0 radical (unpaired) electrons. The molecule has 2 atom stereocenters. The largest absolute Gasteiger partial charge is 0.369 e. The van der Waals surface area contributed by atoms with Crippen molar-refractivity contribution in [1.29, 1.82) is 0 Å². The topological polar surface area (TPSA) is 63.7 Å². The van der Waals surface area contributed by atoms with E-state index in [0.29, 0.717) is 33.9 Å². The highest BCUT2D eigenvalue weighted by Crippen LogP contribution is 2.42. The van der Waals surface area contributed by atoms with Gasteiger partial charge in [-0.3, -0.25) is 19.3 Å². The van der Waals surface area contributed by atoms with Gasteiger partial charge in [-0.15, -0.1) is 0 Å². The summed E-state index contributed by atoms with van der Waals surface area (Å²) in [4.78, 5) is 40.6. The molecule has 1 saturated heterocycles. The number of β-lactam (4-membered cyclic amide) rings is 1. The fraction of sp³-hybridized carbons (Fsp3) is 0.222. The number of rotatable bonds is 4. The number of nitrogens with zero attached hydrogens (tertiary/aromatic N) is 1. The van der Waals surface area contributed by atoms with Crippen molar-refractivity contribution in [2.24, 2.45) is 0 Å². The van der Waals surface area contributed by atoms with Crippen LogP contribution >= 0.6 is 0 Å². The lowest BCUT2D eigenvalue weighted by molar-refractivity contribution is -0.139. The summed E-state index contributed by atoms with van der Waals surface area (Å²) in [6.45, 7) is 4.27. The molecule has 2 aliphatic rings. The number of benzene rings is 3. The highest BCUT2D eigenvalue weighted by molar-refractivity contribution is 6.28. The van der Waals surface area contributed by atoms with Crippen molar-refractivity contribution in [3.63, 3.8) is 0 Å². The standard InChI is InChI=1S/C27H23NO4/c1-15(2)16-8-10-17(11-9-16)23-26(32-3)27(31)28(23)18-12-13-21-22(14-18)25(30)20-7-5-4-6-19(20)24(21)29/h4-15,23,26H,1-3H3. The molecule has 5 heteroatoms. The summed E-state index contributed by atoms with van der Waals surface area (Å²) in [6.07, 6.45) is -0.589. The molecule has 160 valence electrons. The van der Waals surface area contributed by atoms with Gasteiger partial charge in [-0.2, -0.15) is 0 Å².